The first-order valence-corrected chi connectivity index (χ1v) is 13.1. The molecule has 6 rings (SSSR count). The molecule has 3 aromatic heterocycles. The highest BCUT2D eigenvalue weighted by molar-refractivity contribution is 5.92. The number of amides is 1. The van der Waals surface area contributed by atoms with Crippen LogP contribution >= 0.6 is 0 Å². The Morgan fingerprint density at radius 1 is 0.946 bits per heavy atom. The Bertz CT molecular complexity index is 1410. The lowest BCUT2D eigenvalue weighted by Crippen LogP contribution is -2.33. The summed E-state index contributed by atoms with van der Waals surface area (Å²) in [6.45, 7) is 8.78. The molecule has 7 heteroatoms. The number of hydrogen-bond donors (Lipinski definition) is 0. The molecule has 37 heavy (non-hydrogen) atoms. The van der Waals surface area contributed by atoms with Crippen LogP contribution in [-0.4, -0.2) is 63.4 Å². The summed E-state index contributed by atoms with van der Waals surface area (Å²) in [7, 11) is 1.57. The average Bonchev–Trinajstić information content (AvgIpc) is 3.60. The number of likely N-dealkylation sites (tertiary alicyclic amines) is 2. The van der Waals surface area contributed by atoms with Gasteiger partial charge in [0, 0.05) is 50.6 Å². The monoisotopic (exact) mass is 495 g/mol. The summed E-state index contributed by atoms with van der Waals surface area (Å²) in [6.07, 6.45) is 2.11. The van der Waals surface area contributed by atoms with Crippen LogP contribution in [0.25, 0.3) is 16.9 Å². The maximum absolute atomic E-state index is 13.1. The van der Waals surface area contributed by atoms with E-state index in [0.717, 1.165) is 49.6 Å². The first-order valence-electron chi connectivity index (χ1n) is 13.1. The molecular weight excluding hydrogens is 462 g/mol. The van der Waals surface area contributed by atoms with Crippen molar-refractivity contribution < 1.29 is 9.53 Å². The van der Waals surface area contributed by atoms with Gasteiger partial charge in [-0.05, 0) is 41.5 Å². The quantitative estimate of drug-likeness (QED) is 0.387. The van der Waals surface area contributed by atoms with Gasteiger partial charge in [0.05, 0.1) is 18.5 Å². The lowest BCUT2D eigenvalue weighted by atomic mass is 10.0. The SMILES string of the molecule is COc1cccc(C(=O)N2CC3CN(Cc4c(-c5ccc(C(C)C)cc5)nc5ccccn45)CC3C2)n1. The van der Waals surface area contributed by atoms with E-state index in [1.165, 1.54) is 11.3 Å². The molecule has 2 unspecified atom stereocenters. The van der Waals surface area contributed by atoms with Crippen LogP contribution < -0.4 is 4.74 Å². The van der Waals surface area contributed by atoms with Crippen LogP contribution in [0.5, 0.6) is 5.88 Å². The molecule has 0 spiro atoms. The summed E-state index contributed by atoms with van der Waals surface area (Å²) < 4.78 is 7.43. The first kappa shape index (κ1) is 23.7. The van der Waals surface area contributed by atoms with E-state index < -0.39 is 0 Å². The fraction of sp³-hybridized carbons (Fsp3) is 0.367. The van der Waals surface area contributed by atoms with Crippen LogP contribution in [0, 0.1) is 11.8 Å². The van der Waals surface area contributed by atoms with Crippen molar-refractivity contribution in [2.45, 2.75) is 26.3 Å². The lowest BCUT2D eigenvalue weighted by Gasteiger charge is -2.22. The van der Waals surface area contributed by atoms with Crippen molar-refractivity contribution in [3.63, 3.8) is 0 Å². The fourth-order valence-electron chi connectivity index (χ4n) is 5.86. The average molecular weight is 496 g/mol. The zero-order valence-corrected chi connectivity index (χ0v) is 21.7. The Labute approximate surface area is 217 Å². The number of methoxy groups -OCH3 is 1. The lowest BCUT2D eigenvalue weighted by molar-refractivity contribution is 0.0766. The molecule has 2 aliphatic heterocycles. The van der Waals surface area contributed by atoms with Gasteiger partial charge in [-0.2, -0.15) is 0 Å². The van der Waals surface area contributed by atoms with Gasteiger partial charge in [-0.15, -0.1) is 0 Å². The number of carbonyl (C=O) groups excluding carboxylic acids is 1. The van der Waals surface area contributed by atoms with Crippen LogP contribution in [-0.2, 0) is 6.54 Å². The van der Waals surface area contributed by atoms with E-state index in [9.17, 15) is 4.79 Å². The van der Waals surface area contributed by atoms with Gasteiger partial charge >= 0.3 is 0 Å². The van der Waals surface area contributed by atoms with Gasteiger partial charge in [0.2, 0.25) is 5.88 Å². The Kier molecular flexibility index (Phi) is 6.16. The number of benzene rings is 1. The smallest absolute Gasteiger partial charge is 0.272 e. The zero-order valence-electron chi connectivity index (χ0n) is 21.7. The number of hydrogen-bond acceptors (Lipinski definition) is 5. The molecule has 7 nitrogen and oxygen atoms in total. The molecule has 1 amide bonds. The van der Waals surface area contributed by atoms with Gasteiger partial charge in [-0.3, -0.25) is 9.69 Å². The molecule has 2 saturated heterocycles. The van der Waals surface area contributed by atoms with E-state index in [2.05, 4.69) is 70.7 Å². The predicted octanol–water partition coefficient (Wildman–Crippen LogP) is 4.73. The van der Waals surface area contributed by atoms with Crippen LogP contribution in [0.15, 0.2) is 66.9 Å². The minimum Gasteiger partial charge on any atom is -0.481 e. The van der Waals surface area contributed by atoms with Crippen LogP contribution in [0.2, 0.25) is 0 Å². The van der Waals surface area contributed by atoms with Crippen molar-refractivity contribution in [3.05, 3.63) is 83.8 Å². The number of ether oxygens (including phenoxy) is 1. The molecule has 2 fully saturated rings. The maximum Gasteiger partial charge on any atom is 0.272 e. The van der Waals surface area contributed by atoms with E-state index in [0.29, 0.717) is 29.3 Å². The maximum atomic E-state index is 13.1. The van der Waals surface area contributed by atoms with Crippen molar-refractivity contribution >= 4 is 11.6 Å². The van der Waals surface area contributed by atoms with Gasteiger partial charge in [-0.25, -0.2) is 9.97 Å². The Hall–Kier alpha value is -3.71. The van der Waals surface area contributed by atoms with Gasteiger partial charge in [0.25, 0.3) is 5.91 Å². The number of nitrogens with zero attached hydrogens (tertiary/aromatic N) is 5. The van der Waals surface area contributed by atoms with Crippen LogP contribution in [0.4, 0.5) is 0 Å². The van der Waals surface area contributed by atoms with Gasteiger partial charge in [-0.1, -0.05) is 50.2 Å². The fourth-order valence-corrected chi connectivity index (χ4v) is 5.86. The van der Waals surface area contributed by atoms with E-state index in [1.54, 1.807) is 19.2 Å². The molecule has 0 radical (unpaired) electrons. The van der Waals surface area contributed by atoms with E-state index in [4.69, 9.17) is 9.72 Å². The summed E-state index contributed by atoms with van der Waals surface area (Å²) in [5.74, 6) is 1.92. The van der Waals surface area contributed by atoms with Gasteiger partial charge in [0.1, 0.15) is 11.3 Å². The van der Waals surface area contributed by atoms with Crippen molar-refractivity contribution in [1.29, 1.82) is 0 Å². The van der Waals surface area contributed by atoms with Crippen molar-refractivity contribution in [2.75, 3.05) is 33.3 Å². The highest BCUT2D eigenvalue weighted by Crippen LogP contribution is 2.34. The third-order valence-corrected chi connectivity index (χ3v) is 7.85. The molecule has 0 N–H and O–H groups in total. The Morgan fingerprint density at radius 2 is 1.70 bits per heavy atom. The topological polar surface area (TPSA) is 63.0 Å². The second kappa shape index (κ2) is 9.63. The van der Waals surface area contributed by atoms with Gasteiger partial charge < -0.3 is 14.0 Å². The molecule has 0 saturated carbocycles. The molecule has 0 aliphatic carbocycles. The molecule has 190 valence electrons. The van der Waals surface area contributed by atoms with Crippen LogP contribution in [0.3, 0.4) is 0 Å². The predicted molar refractivity (Wildman–Crippen MR) is 144 cm³/mol. The van der Waals surface area contributed by atoms with E-state index >= 15 is 0 Å². The molecular formula is C30H33N5O2. The Balaban J connectivity index is 1.19. The normalized spacial score (nSPS) is 19.6. The molecule has 2 atom stereocenters. The standard InChI is InChI=1S/C30H33N5O2/c1-20(2)21-10-12-22(13-11-21)29-26(35-14-5-4-8-27(35)32-29)19-33-15-23-17-34(18-24(23)16-33)30(36)25-7-6-9-28(31-25)37-3/h4-14,20,23-24H,15-19H2,1-3H3. The minimum absolute atomic E-state index is 0.00577. The summed E-state index contributed by atoms with van der Waals surface area (Å²) in [5.41, 5.74) is 6.20. The summed E-state index contributed by atoms with van der Waals surface area (Å²) >= 11 is 0. The van der Waals surface area contributed by atoms with Crippen molar-refractivity contribution in [2.24, 2.45) is 11.8 Å². The number of aromatic nitrogens is 3. The molecule has 0 bridgehead atoms. The number of rotatable bonds is 6. The van der Waals surface area contributed by atoms with Gasteiger partial charge in [0.15, 0.2) is 0 Å². The van der Waals surface area contributed by atoms with Crippen molar-refractivity contribution in [1.82, 2.24) is 24.2 Å². The van der Waals surface area contributed by atoms with Crippen LogP contribution in [0.1, 0.15) is 41.5 Å². The largest absolute Gasteiger partial charge is 0.481 e. The Morgan fingerprint density at radius 3 is 2.41 bits per heavy atom. The molecule has 1 aromatic carbocycles. The zero-order chi connectivity index (χ0) is 25.5. The summed E-state index contributed by atoms with van der Waals surface area (Å²) in [4.78, 5) is 26.9. The highest BCUT2D eigenvalue weighted by atomic mass is 16.5. The minimum atomic E-state index is -0.00577. The third-order valence-electron chi connectivity index (χ3n) is 7.85. The van der Waals surface area contributed by atoms with E-state index in [-0.39, 0.29) is 5.91 Å². The highest BCUT2D eigenvalue weighted by Gasteiger charge is 2.42. The number of fused-ring (bicyclic) bond motifs is 2. The second-order valence-corrected chi connectivity index (χ2v) is 10.6. The molecule has 5 heterocycles. The first-order chi connectivity index (χ1) is 18.0. The molecule has 4 aromatic rings. The summed E-state index contributed by atoms with van der Waals surface area (Å²) in [5, 5.41) is 0. The number of pyridine rings is 2. The summed E-state index contributed by atoms with van der Waals surface area (Å²) in [6, 6.07) is 20.4. The molecule has 2 aliphatic rings. The second-order valence-electron chi connectivity index (χ2n) is 10.6. The third kappa shape index (κ3) is 4.48. The number of carbonyl (C=O) groups is 1. The number of imidazole rings is 1. The van der Waals surface area contributed by atoms with E-state index in [1.807, 2.05) is 17.0 Å². The van der Waals surface area contributed by atoms with Crippen molar-refractivity contribution in [3.8, 4) is 17.1 Å².